The zero-order chi connectivity index (χ0) is 22.5. The molecule has 2 aromatic carbocycles. The average molecular weight is 484 g/mol. The summed E-state index contributed by atoms with van der Waals surface area (Å²) in [5, 5.41) is 4.15. The van der Waals surface area contributed by atoms with E-state index in [0.29, 0.717) is 11.5 Å². The fourth-order valence-corrected chi connectivity index (χ4v) is 3.79. The summed E-state index contributed by atoms with van der Waals surface area (Å²) in [6.07, 6.45) is 1.86. The first kappa shape index (κ1) is 22.6. The van der Waals surface area contributed by atoms with Crippen molar-refractivity contribution in [3.05, 3.63) is 75.0 Å². The number of nitrogens with zero attached hydrogens (tertiary/aromatic N) is 2. The lowest BCUT2D eigenvalue weighted by molar-refractivity contribution is -0.120. The fourth-order valence-electron chi connectivity index (χ4n) is 3.43. The summed E-state index contributed by atoms with van der Waals surface area (Å²) in [6, 6.07) is 13.7. The smallest absolute Gasteiger partial charge is 0.244 e. The van der Waals surface area contributed by atoms with E-state index in [1.807, 2.05) is 26.0 Å². The lowest BCUT2D eigenvalue weighted by Crippen LogP contribution is -2.19. The molecule has 0 aliphatic heterocycles. The summed E-state index contributed by atoms with van der Waals surface area (Å²) in [5.41, 5.74) is 8.75. The number of carbonyl (C=O) groups excluding carboxylic acids is 1. The second-order valence-corrected chi connectivity index (χ2v) is 8.11. The molecular formula is C24H26BrN3O3. The predicted octanol–water partition coefficient (Wildman–Crippen LogP) is 4.88. The van der Waals surface area contributed by atoms with Crippen molar-refractivity contribution >= 4 is 28.1 Å². The number of aromatic nitrogens is 1. The van der Waals surface area contributed by atoms with Gasteiger partial charge in [0, 0.05) is 27.1 Å². The Kier molecular flexibility index (Phi) is 7.17. The van der Waals surface area contributed by atoms with Crippen LogP contribution in [0.1, 0.15) is 28.1 Å². The standard InChI is InChI=1S/C24H26BrN3O3/c1-15-6-8-20(13-21(15)25)28-16(2)10-19(17(28)3)14-26-27-24(29)12-18-7-9-22(30-4)23(11-18)31-5/h6-11,13-14H,12H2,1-5H3,(H,27,29)/b26-14+. The van der Waals surface area contributed by atoms with Crippen LogP contribution in [0.3, 0.4) is 0 Å². The van der Waals surface area contributed by atoms with Crippen molar-refractivity contribution in [2.75, 3.05) is 14.2 Å². The highest BCUT2D eigenvalue weighted by molar-refractivity contribution is 9.10. The van der Waals surface area contributed by atoms with Gasteiger partial charge in [0.2, 0.25) is 5.91 Å². The van der Waals surface area contributed by atoms with E-state index in [1.165, 1.54) is 5.56 Å². The van der Waals surface area contributed by atoms with E-state index in [2.05, 4.69) is 56.1 Å². The molecule has 0 atom stereocenters. The molecule has 0 saturated carbocycles. The van der Waals surface area contributed by atoms with Crippen molar-refractivity contribution in [1.29, 1.82) is 0 Å². The zero-order valence-electron chi connectivity index (χ0n) is 18.3. The Morgan fingerprint density at radius 3 is 2.48 bits per heavy atom. The van der Waals surface area contributed by atoms with E-state index in [0.717, 1.165) is 32.7 Å². The summed E-state index contributed by atoms with van der Waals surface area (Å²) < 4.78 is 13.7. The zero-order valence-corrected chi connectivity index (χ0v) is 19.9. The van der Waals surface area contributed by atoms with Crippen molar-refractivity contribution in [3.63, 3.8) is 0 Å². The third-order valence-electron chi connectivity index (χ3n) is 5.09. The Morgan fingerprint density at radius 2 is 1.81 bits per heavy atom. The van der Waals surface area contributed by atoms with Gasteiger partial charge in [0.1, 0.15) is 0 Å². The lowest BCUT2D eigenvalue weighted by Gasteiger charge is -2.11. The molecular weight excluding hydrogens is 458 g/mol. The Hall–Kier alpha value is -3.06. The highest BCUT2D eigenvalue weighted by Gasteiger charge is 2.11. The number of hydrazone groups is 1. The van der Waals surface area contributed by atoms with Crippen LogP contribution in [-0.2, 0) is 11.2 Å². The minimum atomic E-state index is -0.209. The van der Waals surface area contributed by atoms with Gasteiger partial charge in [0.25, 0.3) is 0 Å². The molecule has 1 amide bonds. The second-order valence-electron chi connectivity index (χ2n) is 7.25. The van der Waals surface area contributed by atoms with Crippen molar-refractivity contribution in [2.24, 2.45) is 5.10 Å². The van der Waals surface area contributed by atoms with Crippen molar-refractivity contribution < 1.29 is 14.3 Å². The van der Waals surface area contributed by atoms with E-state index >= 15 is 0 Å². The number of hydrogen-bond acceptors (Lipinski definition) is 4. The number of benzene rings is 2. The Morgan fingerprint density at radius 1 is 1.06 bits per heavy atom. The van der Waals surface area contributed by atoms with Gasteiger partial charge in [-0.1, -0.05) is 28.1 Å². The predicted molar refractivity (Wildman–Crippen MR) is 127 cm³/mol. The maximum Gasteiger partial charge on any atom is 0.244 e. The van der Waals surface area contributed by atoms with Crippen LogP contribution in [0.25, 0.3) is 5.69 Å². The third-order valence-corrected chi connectivity index (χ3v) is 5.94. The van der Waals surface area contributed by atoms with Crippen LogP contribution in [0.15, 0.2) is 52.0 Å². The monoisotopic (exact) mass is 483 g/mol. The SMILES string of the molecule is COc1ccc(CC(=O)N/N=C/c2cc(C)n(-c3ccc(C)c(Br)c3)c2C)cc1OC. The molecule has 1 heterocycles. The van der Waals surface area contributed by atoms with Crippen LogP contribution in [0.2, 0.25) is 0 Å². The fraction of sp³-hybridized carbons (Fsp3) is 0.250. The Balaban J connectivity index is 1.70. The van der Waals surface area contributed by atoms with Crippen molar-refractivity contribution in [1.82, 2.24) is 9.99 Å². The normalized spacial score (nSPS) is 11.0. The van der Waals surface area contributed by atoms with E-state index in [9.17, 15) is 4.79 Å². The minimum Gasteiger partial charge on any atom is -0.493 e. The molecule has 0 radical (unpaired) electrons. The van der Waals surface area contributed by atoms with Gasteiger partial charge in [0.15, 0.2) is 11.5 Å². The van der Waals surface area contributed by atoms with Gasteiger partial charge in [0.05, 0.1) is 26.9 Å². The summed E-state index contributed by atoms with van der Waals surface area (Å²) in [5.74, 6) is 1.01. The van der Waals surface area contributed by atoms with Crippen molar-refractivity contribution in [3.8, 4) is 17.2 Å². The maximum absolute atomic E-state index is 12.3. The summed E-state index contributed by atoms with van der Waals surface area (Å²) in [6.45, 7) is 6.15. The van der Waals surface area contributed by atoms with Crippen LogP contribution in [-0.4, -0.2) is 30.9 Å². The van der Waals surface area contributed by atoms with E-state index in [1.54, 1.807) is 32.6 Å². The van der Waals surface area contributed by atoms with Gasteiger partial charge in [-0.3, -0.25) is 4.79 Å². The molecule has 31 heavy (non-hydrogen) atoms. The number of ether oxygens (including phenoxy) is 2. The first-order chi connectivity index (χ1) is 14.8. The highest BCUT2D eigenvalue weighted by atomic mass is 79.9. The van der Waals surface area contributed by atoms with Gasteiger partial charge < -0.3 is 14.0 Å². The lowest BCUT2D eigenvalue weighted by atomic mass is 10.1. The molecule has 0 fully saturated rings. The molecule has 0 aliphatic rings. The Labute approximate surface area is 191 Å². The number of amides is 1. The average Bonchev–Trinajstić information content (AvgIpc) is 3.03. The molecule has 1 aromatic heterocycles. The van der Waals surface area contributed by atoms with Crippen molar-refractivity contribution in [2.45, 2.75) is 27.2 Å². The van der Waals surface area contributed by atoms with Gasteiger partial charge in [-0.2, -0.15) is 5.10 Å². The first-order valence-corrected chi connectivity index (χ1v) is 10.6. The topological polar surface area (TPSA) is 64.8 Å². The van der Waals surface area contributed by atoms with Crippen LogP contribution >= 0.6 is 15.9 Å². The van der Waals surface area contributed by atoms with Crippen LogP contribution in [0.5, 0.6) is 11.5 Å². The van der Waals surface area contributed by atoms with Gasteiger partial charge in [-0.05, 0) is 62.2 Å². The van der Waals surface area contributed by atoms with E-state index < -0.39 is 0 Å². The molecule has 0 spiro atoms. The number of rotatable bonds is 7. The largest absolute Gasteiger partial charge is 0.493 e. The number of halogens is 1. The van der Waals surface area contributed by atoms with Crippen LogP contribution in [0.4, 0.5) is 0 Å². The number of aryl methyl sites for hydroxylation is 2. The molecule has 0 aliphatic carbocycles. The molecule has 0 saturated heterocycles. The number of hydrogen-bond donors (Lipinski definition) is 1. The first-order valence-electron chi connectivity index (χ1n) is 9.82. The molecule has 1 N–H and O–H groups in total. The molecule has 3 rings (SSSR count). The second kappa shape index (κ2) is 9.83. The summed E-state index contributed by atoms with van der Waals surface area (Å²) in [7, 11) is 3.14. The third kappa shape index (κ3) is 5.17. The summed E-state index contributed by atoms with van der Waals surface area (Å²) >= 11 is 3.60. The quantitative estimate of drug-likeness (QED) is 0.384. The molecule has 0 unspecified atom stereocenters. The van der Waals surface area contributed by atoms with E-state index in [4.69, 9.17) is 9.47 Å². The van der Waals surface area contributed by atoms with Crippen LogP contribution in [0, 0.1) is 20.8 Å². The Bertz CT molecular complexity index is 1140. The van der Waals surface area contributed by atoms with Gasteiger partial charge in [-0.15, -0.1) is 0 Å². The molecule has 7 heteroatoms. The molecule has 162 valence electrons. The molecule has 0 bridgehead atoms. The summed E-state index contributed by atoms with van der Waals surface area (Å²) in [4.78, 5) is 12.3. The van der Waals surface area contributed by atoms with E-state index in [-0.39, 0.29) is 12.3 Å². The number of methoxy groups -OCH3 is 2. The molecule has 6 nitrogen and oxygen atoms in total. The minimum absolute atomic E-state index is 0.189. The van der Waals surface area contributed by atoms with Crippen LogP contribution < -0.4 is 14.9 Å². The maximum atomic E-state index is 12.3. The van der Waals surface area contributed by atoms with Gasteiger partial charge in [-0.25, -0.2) is 5.43 Å². The highest BCUT2D eigenvalue weighted by Crippen LogP contribution is 2.28. The number of carbonyl (C=O) groups is 1. The van der Waals surface area contributed by atoms with Gasteiger partial charge >= 0.3 is 0 Å². The number of nitrogens with one attached hydrogen (secondary N) is 1. The molecule has 3 aromatic rings.